The molecule has 2 N–H and O–H groups in total. The first-order valence-corrected chi connectivity index (χ1v) is 15.0. The van der Waals surface area contributed by atoms with E-state index in [1.165, 1.54) is 12.1 Å². The van der Waals surface area contributed by atoms with Gasteiger partial charge < -0.3 is 5.73 Å². The number of hydrogen-bond acceptors (Lipinski definition) is 5. The third-order valence-electron chi connectivity index (χ3n) is 8.04. The van der Waals surface area contributed by atoms with Crippen molar-refractivity contribution < 1.29 is 9.18 Å². The Balaban J connectivity index is 1.66. The normalized spacial score (nSPS) is 18.4. The van der Waals surface area contributed by atoms with Crippen molar-refractivity contribution in [2.75, 3.05) is 4.90 Å². The zero-order chi connectivity index (χ0) is 29.6. The number of carbonyl (C=O) groups is 1. The van der Waals surface area contributed by atoms with E-state index in [0.717, 1.165) is 44.1 Å². The molecule has 41 heavy (non-hydrogen) atoms. The van der Waals surface area contributed by atoms with Crippen molar-refractivity contribution >= 4 is 34.8 Å². The van der Waals surface area contributed by atoms with Gasteiger partial charge in [0.15, 0.2) is 5.78 Å². The Labute approximate surface area is 250 Å². The van der Waals surface area contributed by atoms with Crippen molar-refractivity contribution in [3.05, 3.63) is 116 Å². The average molecular weight is 586 g/mol. The van der Waals surface area contributed by atoms with Gasteiger partial charge in [0, 0.05) is 39.0 Å². The Hall–Kier alpha value is -3.53. The first-order chi connectivity index (χ1) is 19.4. The molecule has 0 aromatic heterocycles. The summed E-state index contributed by atoms with van der Waals surface area (Å²) in [4.78, 5) is 16.8. The molecule has 0 saturated carbocycles. The molecule has 1 unspecified atom stereocenters. The largest absolute Gasteiger partial charge is 0.384 e. The summed E-state index contributed by atoms with van der Waals surface area (Å²) in [7, 11) is 0. The third kappa shape index (κ3) is 5.54. The standard InChI is InChI=1S/C34H33ClFN3OS/c1-19-6-9-24(14-28(19)35)39-29-15-34(4,5)16-30(40)32(29)31(27(17-37)33(39)38)26-13-22(20(2)12-21(26)3)18-41-25-10-7-23(36)8-11-25/h6-14,31H,15-16,18,38H2,1-5H3. The molecular weight excluding hydrogens is 553 g/mol. The molecule has 1 aliphatic carbocycles. The molecule has 5 rings (SSSR count). The maximum absolute atomic E-state index is 14.0. The van der Waals surface area contributed by atoms with Gasteiger partial charge in [-0.3, -0.25) is 9.69 Å². The smallest absolute Gasteiger partial charge is 0.162 e. The molecule has 0 amide bonds. The maximum atomic E-state index is 14.0. The second-order valence-corrected chi connectivity index (χ2v) is 13.2. The monoisotopic (exact) mass is 585 g/mol. The van der Waals surface area contributed by atoms with Gasteiger partial charge >= 0.3 is 0 Å². The number of halogens is 2. The number of ketones is 1. The van der Waals surface area contributed by atoms with Crippen molar-refractivity contribution in [2.24, 2.45) is 11.1 Å². The van der Waals surface area contributed by atoms with Gasteiger partial charge in [0.05, 0.1) is 17.6 Å². The van der Waals surface area contributed by atoms with Crippen LogP contribution >= 0.6 is 23.4 Å². The summed E-state index contributed by atoms with van der Waals surface area (Å²) in [5.41, 5.74) is 14.2. The van der Waals surface area contributed by atoms with E-state index in [4.69, 9.17) is 17.3 Å². The molecular formula is C34H33ClFN3OS. The lowest BCUT2D eigenvalue weighted by Crippen LogP contribution is -2.42. The fraction of sp³-hybridized carbons (Fsp3) is 0.294. The van der Waals surface area contributed by atoms with Crippen LogP contribution in [0.5, 0.6) is 0 Å². The van der Waals surface area contributed by atoms with Crippen molar-refractivity contribution in [1.82, 2.24) is 0 Å². The second-order valence-electron chi connectivity index (χ2n) is 11.8. The van der Waals surface area contributed by atoms with Crippen LogP contribution in [-0.4, -0.2) is 5.78 Å². The van der Waals surface area contributed by atoms with Crippen LogP contribution in [0.1, 0.15) is 60.4 Å². The van der Waals surface area contributed by atoms with Gasteiger partial charge in [0.25, 0.3) is 0 Å². The van der Waals surface area contributed by atoms with Crippen LogP contribution in [0.2, 0.25) is 5.02 Å². The average Bonchev–Trinajstić information content (AvgIpc) is 2.90. The second kappa shape index (κ2) is 11.0. The van der Waals surface area contributed by atoms with Crippen LogP contribution in [0.3, 0.4) is 0 Å². The van der Waals surface area contributed by atoms with Gasteiger partial charge in [-0.25, -0.2) is 4.39 Å². The summed E-state index contributed by atoms with van der Waals surface area (Å²) < 4.78 is 13.4. The topological polar surface area (TPSA) is 70.1 Å². The van der Waals surface area contributed by atoms with Crippen molar-refractivity contribution in [3.8, 4) is 6.07 Å². The number of carbonyl (C=O) groups excluding carboxylic acids is 1. The van der Waals surface area contributed by atoms with E-state index in [-0.39, 0.29) is 17.0 Å². The van der Waals surface area contributed by atoms with E-state index < -0.39 is 5.92 Å². The number of anilines is 1. The predicted molar refractivity (Wildman–Crippen MR) is 165 cm³/mol. The highest BCUT2D eigenvalue weighted by atomic mass is 35.5. The summed E-state index contributed by atoms with van der Waals surface area (Å²) in [5.74, 6) is 0.196. The Morgan fingerprint density at radius 1 is 1.05 bits per heavy atom. The number of Topliss-reactive ketones (excluding diaryl/α,β-unsaturated/α-hetero) is 1. The van der Waals surface area contributed by atoms with Crippen molar-refractivity contribution in [1.29, 1.82) is 5.26 Å². The van der Waals surface area contributed by atoms with Gasteiger partial charge in [-0.05, 0) is 96.8 Å². The molecule has 1 atom stereocenters. The van der Waals surface area contributed by atoms with Crippen LogP contribution in [0.25, 0.3) is 0 Å². The minimum Gasteiger partial charge on any atom is -0.384 e. The molecule has 210 valence electrons. The van der Waals surface area contributed by atoms with E-state index in [1.807, 2.05) is 36.9 Å². The molecule has 0 spiro atoms. The highest BCUT2D eigenvalue weighted by Crippen LogP contribution is 2.51. The van der Waals surface area contributed by atoms with Crippen LogP contribution in [0.15, 0.2) is 82.2 Å². The number of nitrogens with zero attached hydrogens (tertiary/aromatic N) is 2. The highest BCUT2D eigenvalue weighted by molar-refractivity contribution is 7.98. The van der Waals surface area contributed by atoms with Gasteiger partial charge in [-0.1, -0.05) is 43.6 Å². The summed E-state index contributed by atoms with van der Waals surface area (Å²) in [6.45, 7) is 10.2. The first kappa shape index (κ1) is 29.0. The molecule has 0 bridgehead atoms. The van der Waals surface area contributed by atoms with E-state index in [9.17, 15) is 14.4 Å². The third-order valence-corrected chi connectivity index (χ3v) is 9.51. The van der Waals surface area contributed by atoms with E-state index in [0.29, 0.717) is 40.6 Å². The van der Waals surface area contributed by atoms with Gasteiger partial charge in [0.2, 0.25) is 0 Å². The van der Waals surface area contributed by atoms with Crippen molar-refractivity contribution in [3.63, 3.8) is 0 Å². The number of rotatable bonds is 5. The number of thioether (sulfide) groups is 1. The first-order valence-electron chi connectivity index (χ1n) is 13.6. The Kier molecular flexibility index (Phi) is 7.80. The summed E-state index contributed by atoms with van der Waals surface area (Å²) in [6.07, 6.45) is 1.02. The lowest BCUT2D eigenvalue weighted by Gasteiger charge is -2.44. The predicted octanol–water partition coefficient (Wildman–Crippen LogP) is 8.64. The van der Waals surface area contributed by atoms with Gasteiger partial charge in [-0.2, -0.15) is 5.26 Å². The number of allylic oxidation sites excluding steroid dienone is 3. The lowest BCUT2D eigenvalue weighted by molar-refractivity contribution is -0.118. The van der Waals surface area contributed by atoms with Crippen LogP contribution in [0, 0.1) is 43.3 Å². The fourth-order valence-corrected chi connectivity index (χ4v) is 7.05. The molecule has 7 heteroatoms. The molecule has 3 aromatic rings. The number of nitrogens with two attached hydrogens (primary N) is 1. The zero-order valence-electron chi connectivity index (χ0n) is 23.9. The molecule has 0 fully saturated rings. The summed E-state index contributed by atoms with van der Waals surface area (Å²) in [5, 5.41) is 11.1. The summed E-state index contributed by atoms with van der Waals surface area (Å²) >= 11 is 8.14. The van der Waals surface area contributed by atoms with Crippen LogP contribution in [0.4, 0.5) is 10.1 Å². The molecule has 3 aromatic carbocycles. The molecule has 2 aliphatic rings. The van der Waals surface area contributed by atoms with E-state index in [1.54, 1.807) is 23.9 Å². The summed E-state index contributed by atoms with van der Waals surface area (Å²) in [6, 6.07) is 18.8. The van der Waals surface area contributed by atoms with Crippen LogP contribution < -0.4 is 10.6 Å². The van der Waals surface area contributed by atoms with Crippen molar-refractivity contribution in [2.45, 2.75) is 64.0 Å². The van der Waals surface area contributed by atoms with Gasteiger partial charge in [0.1, 0.15) is 11.6 Å². The quantitative estimate of drug-likeness (QED) is 0.303. The Morgan fingerprint density at radius 2 is 1.76 bits per heavy atom. The number of aryl methyl sites for hydroxylation is 3. The highest BCUT2D eigenvalue weighted by Gasteiger charge is 2.45. The van der Waals surface area contributed by atoms with E-state index in [2.05, 4.69) is 39.0 Å². The minimum absolute atomic E-state index is 0.0342. The zero-order valence-corrected chi connectivity index (χ0v) is 25.5. The SMILES string of the molecule is Cc1ccc(N2C(N)=C(C#N)C(c3cc(CSc4ccc(F)cc4)c(C)cc3C)C3=C2CC(C)(C)CC3=O)cc1Cl. The number of hydrogen-bond donors (Lipinski definition) is 1. The lowest BCUT2D eigenvalue weighted by atomic mass is 9.68. The molecule has 4 nitrogen and oxygen atoms in total. The van der Waals surface area contributed by atoms with Crippen LogP contribution in [-0.2, 0) is 10.5 Å². The Morgan fingerprint density at radius 3 is 2.41 bits per heavy atom. The molecule has 1 heterocycles. The molecule has 0 radical (unpaired) electrons. The molecule has 0 saturated heterocycles. The molecule has 1 aliphatic heterocycles. The minimum atomic E-state index is -0.564. The Bertz CT molecular complexity index is 1670. The van der Waals surface area contributed by atoms with E-state index >= 15 is 0 Å². The number of nitriles is 1. The maximum Gasteiger partial charge on any atom is 0.162 e. The fourth-order valence-electron chi connectivity index (χ4n) is 5.91. The number of benzene rings is 3. The van der Waals surface area contributed by atoms with Gasteiger partial charge in [-0.15, -0.1) is 11.8 Å².